The summed E-state index contributed by atoms with van der Waals surface area (Å²) in [5, 5.41) is 5.19. The van der Waals surface area contributed by atoms with E-state index in [1.165, 1.54) is 37.3 Å². The third-order valence-corrected chi connectivity index (χ3v) is 4.80. The average molecular weight is 358 g/mol. The highest BCUT2D eigenvalue weighted by Gasteiger charge is 2.43. The molecule has 0 aromatic heterocycles. The fraction of sp³-hybridized carbons (Fsp3) is 0.300. The van der Waals surface area contributed by atoms with E-state index >= 15 is 0 Å². The average Bonchev–Trinajstić information content (AvgIpc) is 3.08. The second-order valence-corrected chi connectivity index (χ2v) is 6.63. The highest BCUT2D eigenvalue weighted by atomic mass is 19.1. The third kappa shape index (κ3) is 3.59. The van der Waals surface area contributed by atoms with Crippen LogP contribution in [0, 0.1) is 11.6 Å². The molecule has 6 heteroatoms. The number of hydrogen-bond donors (Lipinski definition) is 2. The lowest BCUT2D eigenvalue weighted by molar-refractivity contribution is -0.121. The van der Waals surface area contributed by atoms with Gasteiger partial charge in [0, 0.05) is 12.6 Å². The van der Waals surface area contributed by atoms with Crippen molar-refractivity contribution in [3.8, 4) is 0 Å². The number of hydrogen-bond acceptors (Lipinski definition) is 2. The summed E-state index contributed by atoms with van der Waals surface area (Å²) >= 11 is 0. The highest BCUT2D eigenvalue weighted by Crippen LogP contribution is 2.42. The lowest BCUT2D eigenvalue weighted by atomic mass is 9.78. The van der Waals surface area contributed by atoms with Crippen molar-refractivity contribution >= 4 is 23.2 Å². The zero-order chi connectivity index (χ0) is 18.7. The molecule has 0 unspecified atom stereocenters. The summed E-state index contributed by atoms with van der Waals surface area (Å²) in [4.78, 5) is 24.2. The monoisotopic (exact) mass is 358 g/mol. The van der Waals surface area contributed by atoms with Gasteiger partial charge in [0.25, 0.3) is 0 Å². The maximum Gasteiger partial charge on any atom is 0.235 e. The Hall–Kier alpha value is -2.76. The fourth-order valence-electron chi connectivity index (χ4n) is 3.56. The summed E-state index contributed by atoms with van der Waals surface area (Å²) in [6.45, 7) is 1.35. The third-order valence-electron chi connectivity index (χ3n) is 4.80. The largest absolute Gasteiger partial charge is 0.326 e. The van der Waals surface area contributed by atoms with E-state index < -0.39 is 17.0 Å². The highest BCUT2D eigenvalue weighted by molar-refractivity contribution is 6.00. The Balaban J connectivity index is 1.91. The van der Waals surface area contributed by atoms with Crippen LogP contribution < -0.4 is 10.6 Å². The molecule has 26 heavy (non-hydrogen) atoms. The molecule has 2 aromatic carbocycles. The first kappa shape index (κ1) is 18.0. The Morgan fingerprint density at radius 2 is 1.73 bits per heavy atom. The molecule has 0 aliphatic heterocycles. The van der Waals surface area contributed by atoms with Crippen LogP contribution in [-0.4, -0.2) is 11.8 Å². The van der Waals surface area contributed by atoms with Crippen LogP contribution in [0.3, 0.4) is 0 Å². The molecule has 0 heterocycles. The van der Waals surface area contributed by atoms with E-state index in [-0.39, 0.29) is 17.5 Å². The Bertz CT molecular complexity index is 845. The normalized spacial score (nSPS) is 15.5. The second-order valence-electron chi connectivity index (χ2n) is 6.63. The van der Waals surface area contributed by atoms with Gasteiger partial charge in [-0.2, -0.15) is 0 Å². The Morgan fingerprint density at radius 1 is 1.00 bits per heavy atom. The first-order chi connectivity index (χ1) is 12.4. The number of nitrogens with one attached hydrogen (secondary N) is 2. The van der Waals surface area contributed by atoms with E-state index in [0.717, 1.165) is 12.8 Å². The van der Waals surface area contributed by atoms with Gasteiger partial charge in [-0.1, -0.05) is 25.0 Å². The number of halogens is 2. The lowest BCUT2D eigenvalue weighted by Gasteiger charge is -2.28. The summed E-state index contributed by atoms with van der Waals surface area (Å²) in [6.07, 6.45) is 2.85. The van der Waals surface area contributed by atoms with Gasteiger partial charge in [0.05, 0.1) is 11.1 Å². The minimum atomic E-state index is -0.876. The van der Waals surface area contributed by atoms with Gasteiger partial charge in [-0.15, -0.1) is 0 Å². The summed E-state index contributed by atoms with van der Waals surface area (Å²) in [5.41, 5.74) is 0.105. The van der Waals surface area contributed by atoms with Gasteiger partial charge < -0.3 is 10.6 Å². The molecule has 1 fully saturated rings. The van der Waals surface area contributed by atoms with Gasteiger partial charge >= 0.3 is 0 Å². The molecule has 0 radical (unpaired) electrons. The number of carbonyl (C=O) groups is 2. The predicted molar refractivity (Wildman–Crippen MR) is 95.9 cm³/mol. The van der Waals surface area contributed by atoms with E-state index in [0.29, 0.717) is 24.1 Å². The van der Waals surface area contributed by atoms with Gasteiger partial charge in [0.15, 0.2) is 0 Å². The first-order valence-corrected chi connectivity index (χ1v) is 8.55. The SMILES string of the molecule is CC(=O)Nc1ccc(F)c(NC(=O)C2(c3cccc(F)c3)CCCC2)c1. The van der Waals surface area contributed by atoms with Crippen LogP contribution in [0.5, 0.6) is 0 Å². The Kier molecular flexibility index (Phi) is 5.02. The molecule has 136 valence electrons. The van der Waals surface area contributed by atoms with Crippen molar-refractivity contribution < 1.29 is 18.4 Å². The standard InChI is InChI=1S/C20H20F2N2O2/c1-13(25)23-16-7-8-17(22)18(12-16)24-19(26)20(9-2-3-10-20)14-5-4-6-15(21)11-14/h4-8,11-12H,2-3,9-10H2,1H3,(H,23,25)(H,24,26). The molecule has 1 saturated carbocycles. The van der Waals surface area contributed by atoms with Crippen LogP contribution in [0.1, 0.15) is 38.2 Å². The Labute approximate surface area is 150 Å². The molecule has 0 bridgehead atoms. The van der Waals surface area contributed by atoms with Crippen molar-refractivity contribution in [1.29, 1.82) is 0 Å². The number of anilines is 2. The van der Waals surface area contributed by atoms with E-state index in [1.807, 2.05) is 0 Å². The molecule has 1 aliphatic rings. The molecule has 2 aromatic rings. The summed E-state index contributed by atoms with van der Waals surface area (Å²) in [6, 6.07) is 10.0. The number of benzene rings is 2. The summed E-state index contributed by atoms with van der Waals surface area (Å²) in [7, 11) is 0. The van der Waals surface area contributed by atoms with E-state index in [1.54, 1.807) is 12.1 Å². The zero-order valence-corrected chi connectivity index (χ0v) is 14.4. The topological polar surface area (TPSA) is 58.2 Å². The van der Waals surface area contributed by atoms with Crippen molar-refractivity contribution in [2.75, 3.05) is 10.6 Å². The maximum atomic E-state index is 14.2. The molecule has 2 N–H and O–H groups in total. The molecule has 3 rings (SSSR count). The maximum absolute atomic E-state index is 14.2. The van der Waals surface area contributed by atoms with Crippen molar-refractivity contribution in [2.45, 2.75) is 38.0 Å². The van der Waals surface area contributed by atoms with Crippen molar-refractivity contribution in [3.63, 3.8) is 0 Å². The van der Waals surface area contributed by atoms with Crippen LogP contribution in [0.4, 0.5) is 20.2 Å². The van der Waals surface area contributed by atoms with Crippen LogP contribution in [-0.2, 0) is 15.0 Å². The van der Waals surface area contributed by atoms with Crippen molar-refractivity contribution in [2.24, 2.45) is 0 Å². The van der Waals surface area contributed by atoms with Gasteiger partial charge in [0.1, 0.15) is 11.6 Å². The molecular weight excluding hydrogens is 338 g/mol. The number of rotatable bonds is 4. The molecule has 2 amide bonds. The molecule has 0 atom stereocenters. The minimum absolute atomic E-state index is 0.0103. The minimum Gasteiger partial charge on any atom is -0.326 e. The molecule has 0 spiro atoms. The van der Waals surface area contributed by atoms with Crippen molar-refractivity contribution in [1.82, 2.24) is 0 Å². The fourth-order valence-corrected chi connectivity index (χ4v) is 3.56. The van der Waals surface area contributed by atoms with Crippen molar-refractivity contribution in [3.05, 3.63) is 59.7 Å². The number of amides is 2. The van der Waals surface area contributed by atoms with E-state index in [9.17, 15) is 18.4 Å². The van der Waals surface area contributed by atoms with E-state index in [4.69, 9.17) is 0 Å². The van der Waals surface area contributed by atoms with Gasteiger partial charge in [-0.05, 0) is 48.7 Å². The molecule has 4 nitrogen and oxygen atoms in total. The summed E-state index contributed by atoms with van der Waals surface area (Å²) < 4.78 is 27.8. The van der Waals surface area contributed by atoms with Crippen LogP contribution >= 0.6 is 0 Å². The molecule has 0 saturated heterocycles. The zero-order valence-electron chi connectivity index (χ0n) is 14.4. The molecular formula is C20H20F2N2O2. The summed E-state index contributed by atoms with van der Waals surface area (Å²) in [5.74, 6) is -1.65. The number of carbonyl (C=O) groups excluding carboxylic acids is 2. The molecule has 1 aliphatic carbocycles. The van der Waals surface area contributed by atoms with Gasteiger partial charge in [-0.25, -0.2) is 8.78 Å². The van der Waals surface area contributed by atoms with E-state index in [2.05, 4.69) is 10.6 Å². The first-order valence-electron chi connectivity index (χ1n) is 8.55. The second kappa shape index (κ2) is 7.23. The van der Waals surface area contributed by atoms with Crippen LogP contribution in [0.2, 0.25) is 0 Å². The smallest absolute Gasteiger partial charge is 0.235 e. The Morgan fingerprint density at radius 3 is 2.38 bits per heavy atom. The predicted octanol–water partition coefficient (Wildman–Crippen LogP) is 4.37. The van der Waals surface area contributed by atoms with Crippen LogP contribution in [0.15, 0.2) is 42.5 Å². The van der Waals surface area contributed by atoms with Crippen LogP contribution in [0.25, 0.3) is 0 Å². The lowest BCUT2D eigenvalue weighted by Crippen LogP contribution is -2.38. The quantitative estimate of drug-likeness (QED) is 0.852. The van der Waals surface area contributed by atoms with Gasteiger partial charge in [0.2, 0.25) is 11.8 Å². The van der Waals surface area contributed by atoms with Gasteiger partial charge in [-0.3, -0.25) is 9.59 Å².